The number of carbonyl (C=O) groups excluding carboxylic acids is 1. The highest BCUT2D eigenvalue weighted by molar-refractivity contribution is 6.30. The van der Waals surface area contributed by atoms with E-state index < -0.39 is 0 Å². The Labute approximate surface area is 126 Å². The van der Waals surface area contributed by atoms with Gasteiger partial charge in [-0.1, -0.05) is 23.7 Å². The first kappa shape index (κ1) is 13.5. The van der Waals surface area contributed by atoms with Gasteiger partial charge in [0.1, 0.15) is 10.8 Å². The number of carbonyl (C=O) groups is 1. The number of aromatic amines is 1. The molecule has 3 aromatic rings. The van der Waals surface area contributed by atoms with E-state index in [-0.39, 0.29) is 5.91 Å². The van der Waals surface area contributed by atoms with Crippen molar-refractivity contribution in [3.05, 3.63) is 52.9 Å². The quantitative estimate of drug-likeness (QED) is 0.501. The molecule has 0 fully saturated rings. The molecule has 0 atom stereocenters. The van der Waals surface area contributed by atoms with Gasteiger partial charge in [-0.25, -0.2) is 4.98 Å². The average molecular weight is 301 g/mol. The fourth-order valence-corrected chi connectivity index (χ4v) is 2.23. The van der Waals surface area contributed by atoms with Crippen molar-refractivity contribution in [1.29, 1.82) is 0 Å². The number of rotatable bonds is 2. The van der Waals surface area contributed by atoms with Crippen LogP contribution in [0.1, 0.15) is 16.1 Å². The van der Waals surface area contributed by atoms with Crippen molar-refractivity contribution in [1.82, 2.24) is 9.97 Å². The number of aryl methyl sites for hydroxylation is 1. The molecule has 0 saturated carbocycles. The van der Waals surface area contributed by atoms with Crippen LogP contribution in [0.15, 0.2) is 36.5 Å². The summed E-state index contributed by atoms with van der Waals surface area (Å²) in [6.45, 7) is 1.83. The molecule has 0 spiro atoms. The number of hydrogen-bond donors (Lipinski definition) is 3. The van der Waals surface area contributed by atoms with Gasteiger partial charge in [-0.05, 0) is 30.7 Å². The minimum absolute atomic E-state index is 0.255. The Kier molecular flexibility index (Phi) is 3.27. The summed E-state index contributed by atoms with van der Waals surface area (Å²) in [6.07, 6.45) is 1.52. The Hall–Kier alpha value is -2.53. The number of para-hydroxylation sites is 1. The van der Waals surface area contributed by atoms with Gasteiger partial charge >= 0.3 is 0 Å². The molecule has 1 aromatic carbocycles. The summed E-state index contributed by atoms with van der Waals surface area (Å²) < 4.78 is 0. The van der Waals surface area contributed by atoms with Gasteiger partial charge in [0.05, 0.1) is 23.1 Å². The predicted molar refractivity (Wildman–Crippen MR) is 84.6 cm³/mol. The van der Waals surface area contributed by atoms with E-state index in [0.717, 1.165) is 16.5 Å². The Morgan fingerprint density at radius 3 is 2.90 bits per heavy atom. The third-order valence-corrected chi connectivity index (χ3v) is 3.60. The van der Waals surface area contributed by atoms with E-state index in [1.807, 2.05) is 19.1 Å². The zero-order valence-electron chi connectivity index (χ0n) is 11.3. The molecular formula is C15H13ClN4O. The number of hydrogen-bond acceptors (Lipinski definition) is 3. The van der Waals surface area contributed by atoms with Crippen LogP contribution >= 0.6 is 11.6 Å². The van der Waals surface area contributed by atoms with Gasteiger partial charge < -0.3 is 16.0 Å². The van der Waals surface area contributed by atoms with Crippen molar-refractivity contribution in [2.45, 2.75) is 6.92 Å². The molecule has 1 amide bonds. The van der Waals surface area contributed by atoms with Gasteiger partial charge in [0.25, 0.3) is 5.91 Å². The van der Waals surface area contributed by atoms with Crippen LogP contribution in [0.5, 0.6) is 0 Å². The van der Waals surface area contributed by atoms with Gasteiger partial charge in [-0.3, -0.25) is 4.79 Å². The summed E-state index contributed by atoms with van der Waals surface area (Å²) in [5, 5.41) is 4.09. The zero-order valence-corrected chi connectivity index (χ0v) is 12.0. The number of amides is 1. The normalized spacial score (nSPS) is 10.8. The highest BCUT2D eigenvalue weighted by Gasteiger charge is 2.11. The van der Waals surface area contributed by atoms with Crippen molar-refractivity contribution >= 4 is 39.8 Å². The van der Waals surface area contributed by atoms with Gasteiger partial charge in [0.2, 0.25) is 0 Å². The number of nitrogen functional groups attached to an aromatic ring is 1. The maximum absolute atomic E-state index is 12.2. The first-order valence-corrected chi connectivity index (χ1v) is 6.73. The van der Waals surface area contributed by atoms with Crippen LogP contribution in [0.25, 0.3) is 10.9 Å². The maximum Gasteiger partial charge on any atom is 0.272 e. The summed E-state index contributed by atoms with van der Waals surface area (Å²) >= 11 is 5.86. The van der Waals surface area contributed by atoms with Crippen molar-refractivity contribution in [2.75, 3.05) is 11.1 Å². The smallest absolute Gasteiger partial charge is 0.272 e. The third-order valence-electron chi connectivity index (χ3n) is 3.21. The molecule has 0 bridgehead atoms. The van der Waals surface area contributed by atoms with E-state index in [4.69, 9.17) is 17.3 Å². The molecule has 0 unspecified atom stereocenters. The summed E-state index contributed by atoms with van der Waals surface area (Å²) in [4.78, 5) is 19.3. The van der Waals surface area contributed by atoms with Crippen molar-refractivity contribution in [2.24, 2.45) is 0 Å². The molecule has 0 aliphatic carbocycles. The number of H-pyrrole nitrogens is 1. The molecular weight excluding hydrogens is 288 g/mol. The molecule has 0 saturated heterocycles. The average Bonchev–Trinajstić information content (AvgIpc) is 2.89. The fraction of sp³-hybridized carbons (Fsp3) is 0.0667. The molecule has 106 valence electrons. The molecule has 4 N–H and O–H groups in total. The number of halogens is 1. The molecule has 0 aliphatic rings. The number of nitrogens with two attached hydrogens (primary N) is 1. The Morgan fingerprint density at radius 1 is 1.38 bits per heavy atom. The SMILES string of the molecule is Cc1cc(NC(=O)c2cc3cccc(N)c3[nH]2)cnc1Cl. The molecule has 2 heterocycles. The number of aromatic nitrogens is 2. The Morgan fingerprint density at radius 2 is 2.19 bits per heavy atom. The largest absolute Gasteiger partial charge is 0.397 e. The summed E-state index contributed by atoms with van der Waals surface area (Å²) in [7, 11) is 0. The summed E-state index contributed by atoms with van der Waals surface area (Å²) in [6, 6.07) is 9.06. The predicted octanol–water partition coefficient (Wildman–Crippen LogP) is 3.36. The number of fused-ring (bicyclic) bond motifs is 1. The van der Waals surface area contributed by atoms with E-state index in [9.17, 15) is 4.79 Å². The van der Waals surface area contributed by atoms with E-state index in [0.29, 0.717) is 22.2 Å². The minimum atomic E-state index is -0.255. The van der Waals surface area contributed by atoms with E-state index in [2.05, 4.69) is 15.3 Å². The number of benzene rings is 1. The summed E-state index contributed by atoms with van der Waals surface area (Å²) in [5.41, 5.74) is 9.07. The fourth-order valence-electron chi connectivity index (χ4n) is 2.13. The molecule has 2 aromatic heterocycles. The van der Waals surface area contributed by atoms with Crippen molar-refractivity contribution < 1.29 is 4.79 Å². The van der Waals surface area contributed by atoms with Gasteiger partial charge in [-0.2, -0.15) is 0 Å². The van der Waals surface area contributed by atoms with E-state index in [1.54, 1.807) is 18.2 Å². The first-order chi connectivity index (χ1) is 10.0. The lowest BCUT2D eigenvalue weighted by molar-refractivity contribution is 0.102. The number of nitrogens with one attached hydrogen (secondary N) is 2. The monoisotopic (exact) mass is 300 g/mol. The van der Waals surface area contributed by atoms with Crippen LogP contribution < -0.4 is 11.1 Å². The molecule has 5 nitrogen and oxygen atoms in total. The highest BCUT2D eigenvalue weighted by atomic mass is 35.5. The van der Waals surface area contributed by atoms with Crippen LogP contribution in [-0.4, -0.2) is 15.9 Å². The molecule has 6 heteroatoms. The van der Waals surface area contributed by atoms with Crippen LogP contribution in [-0.2, 0) is 0 Å². The first-order valence-electron chi connectivity index (χ1n) is 6.35. The van der Waals surface area contributed by atoms with Crippen LogP contribution in [0.4, 0.5) is 11.4 Å². The minimum Gasteiger partial charge on any atom is -0.397 e. The second-order valence-electron chi connectivity index (χ2n) is 4.78. The van der Waals surface area contributed by atoms with Crippen LogP contribution in [0.3, 0.4) is 0 Å². The third kappa shape index (κ3) is 2.55. The van der Waals surface area contributed by atoms with Crippen LogP contribution in [0, 0.1) is 6.92 Å². The lowest BCUT2D eigenvalue weighted by Crippen LogP contribution is -2.12. The van der Waals surface area contributed by atoms with Crippen molar-refractivity contribution in [3.8, 4) is 0 Å². The second-order valence-corrected chi connectivity index (χ2v) is 5.14. The lowest BCUT2D eigenvalue weighted by Gasteiger charge is -2.05. The maximum atomic E-state index is 12.2. The summed E-state index contributed by atoms with van der Waals surface area (Å²) in [5.74, 6) is -0.255. The standard InChI is InChI=1S/C15H13ClN4O/c1-8-5-10(7-18-14(8)16)19-15(21)12-6-9-3-2-4-11(17)13(9)20-12/h2-7,20H,17H2,1H3,(H,19,21). The van der Waals surface area contributed by atoms with Gasteiger partial charge in [0.15, 0.2) is 0 Å². The molecule has 0 radical (unpaired) electrons. The van der Waals surface area contributed by atoms with Crippen molar-refractivity contribution in [3.63, 3.8) is 0 Å². The van der Waals surface area contributed by atoms with E-state index in [1.165, 1.54) is 6.20 Å². The second kappa shape index (κ2) is 5.10. The highest BCUT2D eigenvalue weighted by Crippen LogP contribution is 2.22. The van der Waals surface area contributed by atoms with E-state index >= 15 is 0 Å². The van der Waals surface area contributed by atoms with Gasteiger partial charge in [-0.15, -0.1) is 0 Å². The molecule has 0 aliphatic heterocycles. The molecule has 3 rings (SSSR count). The lowest BCUT2D eigenvalue weighted by atomic mass is 10.2. The number of pyridine rings is 1. The Balaban J connectivity index is 1.90. The number of nitrogens with zero attached hydrogens (tertiary/aromatic N) is 1. The van der Waals surface area contributed by atoms with Gasteiger partial charge in [0, 0.05) is 5.39 Å². The van der Waals surface area contributed by atoms with Crippen LogP contribution in [0.2, 0.25) is 5.15 Å². The topological polar surface area (TPSA) is 83.8 Å². The molecule has 21 heavy (non-hydrogen) atoms. The zero-order chi connectivity index (χ0) is 15.0. The Bertz CT molecular complexity index is 841. The number of anilines is 2.